The fraction of sp³-hybridized carbons (Fsp3) is 0.529. The second-order valence-electron chi connectivity index (χ2n) is 6.21. The predicted molar refractivity (Wildman–Crippen MR) is 86.0 cm³/mol. The van der Waals surface area contributed by atoms with Crippen LogP contribution in [-0.4, -0.2) is 36.0 Å². The number of benzene rings is 1. The number of hydrogen-bond acceptors (Lipinski definition) is 3. The maximum absolute atomic E-state index is 11.7. The van der Waals surface area contributed by atoms with Gasteiger partial charge in [0.2, 0.25) is 11.8 Å². The number of piperidine rings is 1. The highest BCUT2D eigenvalue weighted by atomic mass is 16.2. The van der Waals surface area contributed by atoms with Crippen molar-refractivity contribution in [3.63, 3.8) is 0 Å². The van der Waals surface area contributed by atoms with Gasteiger partial charge in [-0.05, 0) is 12.6 Å². The normalized spacial score (nSPS) is 24.5. The van der Waals surface area contributed by atoms with E-state index in [9.17, 15) is 9.59 Å². The molecule has 0 spiro atoms. The van der Waals surface area contributed by atoms with Crippen LogP contribution >= 0.6 is 0 Å². The van der Waals surface area contributed by atoms with E-state index in [0.29, 0.717) is 6.42 Å². The monoisotopic (exact) mass is 303 g/mol. The number of hydrogen-bond donors (Lipinski definition) is 2. The number of amides is 2. The summed E-state index contributed by atoms with van der Waals surface area (Å²) in [5, 5.41) is 6.00. The highest BCUT2D eigenvalue weighted by Gasteiger charge is 2.47. The molecule has 5 heteroatoms. The lowest BCUT2D eigenvalue weighted by Gasteiger charge is -2.51. The highest BCUT2D eigenvalue weighted by molar-refractivity contribution is 5.77. The molecule has 0 radical (unpaired) electrons. The van der Waals surface area contributed by atoms with Crippen LogP contribution in [0.3, 0.4) is 0 Å². The molecule has 1 aliphatic rings. The molecule has 0 aromatic heterocycles. The number of nitrogens with one attached hydrogen (secondary N) is 2. The first-order valence-electron chi connectivity index (χ1n) is 7.68. The zero-order chi connectivity index (χ0) is 16.3. The van der Waals surface area contributed by atoms with Gasteiger partial charge in [-0.3, -0.25) is 14.5 Å². The van der Waals surface area contributed by atoms with Gasteiger partial charge in [0, 0.05) is 38.8 Å². The molecule has 0 bridgehead atoms. The Morgan fingerprint density at radius 3 is 2.18 bits per heavy atom. The predicted octanol–water partition coefficient (Wildman–Crippen LogP) is 1.67. The molecule has 1 aromatic carbocycles. The van der Waals surface area contributed by atoms with Gasteiger partial charge in [-0.15, -0.1) is 0 Å². The maximum atomic E-state index is 11.7. The van der Waals surface area contributed by atoms with Crippen molar-refractivity contribution in [3.05, 3.63) is 35.9 Å². The topological polar surface area (TPSA) is 61.4 Å². The maximum Gasteiger partial charge on any atom is 0.218 e. The van der Waals surface area contributed by atoms with Crippen LogP contribution in [0.1, 0.15) is 38.8 Å². The smallest absolute Gasteiger partial charge is 0.218 e. The molecule has 1 fully saturated rings. The van der Waals surface area contributed by atoms with Gasteiger partial charge in [-0.25, -0.2) is 0 Å². The van der Waals surface area contributed by atoms with Gasteiger partial charge in [-0.1, -0.05) is 37.3 Å². The number of nitrogens with zero attached hydrogens (tertiary/aromatic N) is 1. The molecular weight excluding hydrogens is 278 g/mol. The van der Waals surface area contributed by atoms with Crippen molar-refractivity contribution in [1.82, 2.24) is 15.5 Å². The molecule has 1 heterocycles. The van der Waals surface area contributed by atoms with Crippen molar-refractivity contribution in [2.24, 2.45) is 5.92 Å². The Bertz CT molecular complexity index is 528. The summed E-state index contributed by atoms with van der Waals surface area (Å²) in [5.74, 6) is -0.213. The summed E-state index contributed by atoms with van der Waals surface area (Å²) in [5.41, 5.74) is 0.488. The summed E-state index contributed by atoms with van der Waals surface area (Å²) in [7, 11) is 2.08. The molecule has 1 aliphatic heterocycles. The van der Waals surface area contributed by atoms with Crippen molar-refractivity contribution in [1.29, 1.82) is 0 Å². The fourth-order valence-electron chi connectivity index (χ4n) is 3.58. The second kappa shape index (κ2) is 6.48. The van der Waals surface area contributed by atoms with Crippen LogP contribution in [0.25, 0.3) is 0 Å². The minimum atomic E-state index is -0.704. The summed E-state index contributed by atoms with van der Waals surface area (Å²) < 4.78 is 0. The summed E-state index contributed by atoms with van der Waals surface area (Å²) in [6.45, 7) is 5.86. The molecule has 0 unspecified atom stereocenters. The van der Waals surface area contributed by atoms with E-state index in [0.717, 1.165) is 6.54 Å². The minimum absolute atomic E-state index is 0.0430. The van der Waals surface area contributed by atoms with Gasteiger partial charge in [0.05, 0.1) is 0 Å². The van der Waals surface area contributed by atoms with Gasteiger partial charge in [0.15, 0.2) is 0 Å². The van der Waals surface area contributed by atoms with Gasteiger partial charge < -0.3 is 10.6 Å². The van der Waals surface area contributed by atoms with Crippen molar-refractivity contribution in [2.45, 2.75) is 38.9 Å². The van der Waals surface area contributed by atoms with E-state index in [1.165, 1.54) is 19.4 Å². The molecule has 22 heavy (non-hydrogen) atoms. The van der Waals surface area contributed by atoms with Crippen molar-refractivity contribution >= 4 is 11.8 Å². The molecule has 2 rings (SSSR count). The molecular formula is C17H25N3O2. The SMILES string of the molecule is CC(=O)NC1(NC(C)=O)CCN(C)[C@@H](c2ccccc2)[C@@H]1C. The van der Waals surface area contributed by atoms with E-state index >= 15 is 0 Å². The lowest BCUT2D eigenvalue weighted by atomic mass is 9.77. The first-order chi connectivity index (χ1) is 10.4. The minimum Gasteiger partial charge on any atom is -0.333 e. The Morgan fingerprint density at radius 2 is 1.68 bits per heavy atom. The molecule has 2 atom stereocenters. The summed E-state index contributed by atoms with van der Waals surface area (Å²) in [4.78, 5) is 25.7. The number of rotatable bonds is 3. The Hall–Kier alpha value is -1.88. The van der Waals surface area contributed by atoms with Crippen LogP contribution in [-0.2, 0) is 9.59 Å². The average molecular weight is 303 g/mol. The quantitative estimate of drug-likeness (QED) is 0.835. The third-order valence-corrected chi connectivity index (χ3v) is 4.52. The van der Waals surface area contributed by atoms with Gasteiger partial charge in [0.25, 0.3) is 0 Å². The summed E-state index contributed by atoms with van der Waals surface area (Å²) >= 11 is 0. The Morgan fingerprint density at radius 1 is 1.14 bits per heavy atom. The molecule has 2 amide bonds. The standard InChI is InChI=1S/C17H25N3O2/c1-12-16(15-8-6-5-7-9-15)20(4)11-10-17(12,18-13(2)21)19-14(3)22/h5-9,12,16H,10-11H2,1-4H3,(H,18,21)(H,19,22)/t12-,16+/m0/s1. The second-order valence-corrected chi connectivity index (χ2v) is 6.21. The highest BCUT2D eigenvalue weighted by Crippen LogP contribution is 2.39. The lowest BCUT2D eigenvalue weighted by molar-refractivity contribution is -0.129. The third kappa shape index (κ3) is 3.30. The summed E-state index contributed by atoms with van der Waals surface area (Å²) in [6.07, 6.45) is 0.688. The lowest BCUT2D eigenvalue weighted by Crippen LogP contribution is -2.68. The molecule has 5 nitrogen and oxygen atoms in total. The zero-order valence-corrected chi connectivity index (χ0v) is 13.7. The van der Waals surface area contributed by atoms with Gasteiger partial charge in [-0.2, -0.15) is 0 Å². The van der Waals surface area contributed by atoms with Crippen LogP contribution in [0.15, 0.2) is 30.3 Å². The first-order valence-corrected chi connectivity index (χ1v) is 7.68. The number of carbonyl (C=O) groups excluding carboxylic acids is 2. The molecule has 1 aromatic rings. The molecule has 0 aliphatic carbocycles. The van der Waals surface area contributed by atoms with Crippen LogP contribution < -0.4 is 10.6 Å². The Balaban J connectivity index is 2.39. The average Bonchev–Trinajstić information content (AvgIpc) is 2.43. The van der Waals surface area contributed by atoms with E-state index < -0.39 is 5.66 Å². The van der Waals surface area contributed by atoms with E-state index in [4.69, 9.17) is 0 Å². The van der Waals surface area contributed by atoms with E-state index in [1.54, 1.807) is 0 Å². The van der Waals surface area contributed by atoms with Crippen LogP contribution in [0, 0.1) is 5.92 Å². The van der Waals surface area contributed by atoms with Gasteiger partial charge in [0.1, 0.15) is 5.66 Å². The van der Waals surface area contributed by atoms with Crippen molar-refractivity contribution < 1.29 is 9.59 Å². The molecule has 120 valence electrons. The zero-order valence-electron chi connectivity index (χ0n) is 13.7. The van der Waals surface area contributed by atoms with Crippen LogP contribution in [0.4, 0.5) is 0 Å². The van der Waals surface area contributed by atoms with E-state index in [-0.39, 0.29) is 23.8 Å². The van der Waals surface area contributed by atoms with Gasteiger partial charge >= 0.3 is 0 Å². The first kappa shape index (κ1) is 16.5. The van der Waals surface area contributed by atoms with Crippen molar-refractivity contribution in [3.8, 4) is 0 Å². The third-order valence-electron chi connectivity index (χ3n) is 4.52. The Labute approximate surface area is 132 Å². The van der Waals surface area contributed by atoms with E-state index in [1.807, 2.05) is 18.2 Å². The van der Waals surface area contributed by atoms with Crippen molar-refractivity contribution in [2.75, 3.05) is 13.6 Å². The van der Waals surface area contributed by atoms with E-state index in [2.05, 4.69) is 41.6 Å². The largest absolute Gasteiger partial charge is 0.333 e. The molecule has 0 saturated carbocycles. The molecule has 1 saturated heterocycles. The van der Waals surface area contributed by atoms with Crippen LogP contribution in [0.5, 0.6) is 0 Å². The Kier molecular flexibility index (Phi) is 4.86. The number of carbonyl (C=O) groups is 2. The summed E-state index contributed by atoms with van der Waals surface area (Å²) in [6, 6.07) is 10.3. The molecule has 2 N–H and O–H groups in total. The number of likely N-dealkylation sites (tertiary alicyclic amines) is 1. The fourth-order valence-corrected chi connectivity index (χ4v) is 3.58. The van der Waals surface area contributed by atoms with Crippen LogP contribution in [0.2, 0.25) is 0 Å².